The standard InChI is InChI=1S/C20H21P/c1-2-21(18-12-6-3-7-13-18,19-14-8-4-9-15-19)20-16-10-5-11-17-20/h3-17,21H,2H2,1H3/i21D. The van der Waals surface area contributed by atoms with Gasteiger partial charge in [0.25, 0.3) is 0 Å². The van der Waals surface area contributed by atoms with Crippen LogP contribution in [0.3, 0.4) is 0 Å². The Labute approximate surface area is 129 Å². The van der Waals surface area contributed by atoms with Crippen molar-refractivity contribution in [3.63, 3.8) is 0 Å². The molecule has 106 valence electrons. The van der Waals surface area contributed by atoms with Gasteiger partial charge in [-0.05, 0) is 0 Å². The second kappa shape index (κ2) is 6.24. The second-order valence-corrected chi connectivity index (χ2v) is 8.93. The fraction of sp³-hybridized carbons (Fsp3) is 0.100. The number of hydrogen-bond donors (Lipinski definition) is 0. The average molecular weight is 293 g/mol. The van der Waals surface area contributed by atoms with Crippen LogP contribution in [-0.4, -0.2) is 7.44 Å². The van der Waals surface area contributed by atoms with E-state index in [1.165, 1.54) is 0 Å². The Morgan fingerprint density at radius 3 is 1.14 bits per heavy atom. The molecule has 0 saturated carbocycles. The molecule has 0 amide bonds. The van der Waals surface area contributed by atoms with Crippen molar-refractivity contribution < 1.29 is 0 Å². The van der Waals surface area contributed by atoms with E-state index >= 15 is 0 Å². The van der Waals surface area contributed by atoms with Gasteiger partial charge < -0.3 is 0 Å². The number of rotatable bonds is 4. The summed E-state index contributed by atoms with van der Waals surface area (Å²) in [4.78, 5) is 0. The zero-order valence-electron chi connectivity index (χ0n) is 13.3. The summed E-state index contributed by atoms with van der Waals surface area (Å²) in [7, 11) is -3.15. The van der Waals surface area contributed by atoms with Crippen LogP contribution in [0.5, 0.6) is 0 Å². The Balaban J connectivity index is 2.41. The SMILES string of the molecule is [2H]P(CC)(c1ccccc1)(c1ccccc1)c1ccccc1. The van der Waals surface area contributed by atoms with E-state index in [1.54, 1.807) is 0 Å². The Kier molecular flexibility index (Phi) is 3.81. The van der Waals surface area contributed by atoms with Crippen molar-refractivity contribution in [1.82, 2.24) is 0 Å². The molecule has 3 aromatic carbocycles. The summed E-state index contributed by atoms with van der Waals surface area (Å²) >= 11 is 0. The second-order valence-electron chi connectivity index (χ2n) is 5.13. The van der Waals surface area contributed by atoms with Crippen molar-refractivity contribution in [3.8, 4) is 0 Å². The predicted octanol–water partition coefficient (Wildman–Crippen LogP) is 3.73. The van der Waals surface area contributed by atoms with Gasteiger partial charge in [-0.15, -0.1) is 0 Å². The normalized spacial score (nSPS) is 14.0. The van der Waals surface area contributed by atoms with Crippen molar-refractivity contribution in [2.24, 2.45) is 0 Å². The molecule has 0 aliphatic rings. The minimum atomic E-state index is -3.15. The molecule has 0 radical (unpaired) electrons. The molecule has 0 nitrogen and oxygen atoms in total. The van der Waals surface area contributed by atoms with Crippen molar-refractivity contribution in [2.45, 2.75) is 6.92 Å². The Hall–Kier alpha value is -1.91. The van der Waals surface area contributed by atoms with Gasteiger partial charge in [0, 0.05) is 0 Å². The summed E-state index contributed by atoms with van der Waals surface area (Å²) in [6, 6.07) is 31.1. The van der Waals surface area contributed by atoms with Gasteiger partial charge in [0.15, 0.2) is 0 Å². The Morgan fingerprint density at radius 1 is 0.619 bits per heavy atom. The van der Waals surface area contributed by atoms with Crippen LogP contribution >= 0.6 is 7.21 Å². The molecule has 0 atom stereocenters. The van der Waals surface area contributed by atoms with Gasteiger partial charge in [-0.2, -0.15) is 0 Å². The minimum absolute atomic E-state index is 0.795. The third-order valence-electron chi connectivity index (χ3n) is 4.07. The third-order valence-corrected chi connectivity index (χ3v) is 8.55. The molecule has 3 rings (SSSR count). The molecule has 0 aromatic heterocycles. The molecular formula is C20H21P. The monoisotopic (exact) mass is 293 g/mol. The van der Waals surface area contributed by atoms with Gasteiger partial charge in [-0.25, -0.2) is 0 Å². The Bertz CT molecular complexity index is 639. The summed E-state index contributed by atoms with van der Waals surface area (Å²) < 4.78 is 9.87. The number of hydrogen-bond acceptors (Lipinski definition) is 0. The summed E-state index contributed by atoms with van der Waals surface area (Å²) in [6.45, 7) is 2.15. The first kappa shape index (κ1) is 12.8. The summed E-state index contributed by atoms with van der Waals surface area (Å²) in [5, 5.41) is 3.40. The van der Waals surface area contributed by atoms with E-state index in [2.05, 4.69) is 43.3 Å². The van der Waals surface area contributed by atoms with Gasteiger partial charge in [0.05, 0.1) is 0 Å². The van der Waals surface area contributed by atoms with Crippen LogP contribution in [0.4, 0.5) is 0 Å². The van der Waals surface area contributed by atoms with Crippen LogP contribution in [0.15, 0.2) is 91.0 Å². The first-order valence-electron chi connectivity index (χ1n) is 7.87. The maximum atomic E-state index is 9.87. The van der Waals surface area contributed by atoms with Crippen LogP contribution < -0.4 is 15.9 Å². The van der Waals surface area contributed by atoms with E-state index in [0.29, 0.717) is 0 Å². The van der Waals surface area contributed by atoms with Gasteiger partial charge >= 0.3 is 128 Å². The van der Waals surface area contributed by atoms with E-state index in [9.17, 15) is 1.28 Å². The van der Waals surface area contributed by atoms with Crippen molar-refractivity contribution >= 4 is 23.1 Å². The topological polar surface area (TPSA) is 0 Å². The van der Waals surface area contributed by atoms with Crippen LogP contribution in [0, 0.1) is 0 Å². The van der Waals surface area contributed by atoms with Crippen LogP contribution in [0.1, 0.15) is 6.92 Å². The van der Waals surface area contributed by atoms with Crippen LogP contribution in [0.2, 0.25) is 0 Å². The molecule has 0 N–H and O–H groups in total. The molecule has 0 aliphatic carbocycles. The molecule has 21 heavy (non-hydrogen) atoms. The van der Waals surface area contributed by atoms with Crippen molar-refractivity contribution in [2.75, 3.05) is 6.16 Å². The van der Waals surface area contributed by atoms with E-state index in [0.717, 1.165) is 22.1 Å². The number of benzene rings is 3. The van der Waals surface area contributed by atoms with Gasteiger partial charge in [-0.3, -0.25) is 0 Å². The van der Waals surface area contributed by atoms with Crippen molar-refractivity contribution in [1.29, 1.82) is 1.28 Å². The van der Waals surface area contributed by atoms with Gasteiger partial charge in [-0.1, -0.05) is 0 Å². The molecule has 0 bridgehead atoms. The summed E-state index contributed by atoms with van der Waals surface area (Å²) in [5.41, 5.74) is 0. The first-order valence-corrected chi connectivity index (χ1v) is 9.40. The molecule has 0 spiro atoms. The molecule has 0 heterocycles. The fourth-order valence-corrected chi connectivity index (χ4v) is 7.08. The zero-order valence-corrected chi connectivity index (χ0v) is 13.2. The maximum absolute atomic E-state index is 9.87. The summed E-state index contributed by atoms with van der Waals surface area (Å²) in [5.74, 6) is 0. The summed E-state index contributed by atoms with van der Waals surface area (Å²) in [6.07, 6.45) is 0.795. The zero-order chi connectivity index (χ0) is 15.5. The van der Waals surface area contributed by atoms with Crippen LogP contribution in [-0.2, 0) is 0 Å². The average Bonchev–Trinajstić information content (AvgIpc) is 2.63. The van der Waals surface area contributed by atoms with E-state index in [4.69, 9.17) is 0 Å². The van der Waals surface area contributed by atoms with Crippen molar-refractivity contribution in [3.05, 3.63) is 91.0 Å². The van der Waals surface area contributed by atoms with E-state index in [-0.39, 0.29) is 0 Å². The van der Waals surface area contributed by atoms with E-state index in [1.807, 2.05) is 54.6 Å². The van der Waals surface area contributed by atoms with E-state index < -0.39 is 7.21 Å². The molecule has 0 saturated heterocycles. The molecular weight excluding hydrogens is 271 g/mol. The molecule has 0 aliphatic heterocycles. The molecule has 3 aromatic rings. The van der Waals surface area contributed by atoms with Gasteiger partial charge in [0.1, 0.15) is 0 Å². The quantitative estimate of drug-likeness (QED) is 0.643. The van der Waals surface area contributed by atoms with Crippen LogP contribution in [0.25, 0.3) is 0 Å². The molecule has 1 heteroatoms. The third kappa shape index (κ3) is 2.52. The first-order chi connectivity index (χ1) is 10.7. The Morgan fingerprint density at radius 2 is 0.905 bits per heavy atom. The predicted molar refractivity (Wildman–Crippen MR) is 97.1 cm³/mol. The molecule has 0 fully saturated rings. The fourth-order valence-electron chi connectivity index (χ4n) is 3.04. The molecule has 0 unspecified atom stereocenters. The van der Waals surface area contributed by atoms with Gasteiger partial charge in [0.2, 0.25) is 0 Å².